The Morgan fingerprint density at radius 1 is 1.23 bits per heavy atom. The van der Waals surface area contributed by atoms with Gasteiger partial charge >= 0.3 is 5.97 Å². The van der Waals surface area contributed by atoms with Crippen molar-refractivity contribution < 1.29 is 14.7 Å². The molecule has 0 unspecified atom stereocenters. The first-order chi connectivity index (χ1) is 10.5. The molecule has 0 radical (unpaired) electrons. The molecule has 1 fully saturated rings. The van der Waals surface area contributed by atoms with Gasteiger partial charge in [-0.25, -0.2) is 4.79 Å². The van der Waals surface area contributed by atoms with Crippen LogP contribution in [0.1, 0.15) is 41.7 Å². The summed E-state index contributed by atoms with van der Waals surface area (Å²) in [6.45, 7) is 1.83. The van der Waals surface area contributed by atoms with Gasteiger partial charge in [0.05, 0.1) is 11.1 Å². The van der Waals surface area contributed by atoms with Crippen LogP contribution in [0.5, 0.6) is 0 Å². The number of aromatic nitrogens is 1. The highest BCUT2D eigenvalue weighted by Crippen LogP contribution is 2.30. The van der Waals surface area contributed by atoms with E-state index in [1.165, 1.54) is 0 Å². The predicted octanol–water partition coefficient (Wildman–Crippen LogP) is 2.67. The second kappa shape index (κ2) is 5.40. The zero-order valence-corrected chi connectivity index (χ0v) is 12.4. The molecule has 5 nitrogen and oxygen atoms in total. The van der Waals surface area contributed by atoms with Crippen LogP contribution in [0.15, 0.2) is 30.3 Å². The molecular weight excluding hydrogens is 280 g/mol. The first-order valence-corrected chi connectivity index (χ1v) is 7.44. The molecule has 22 heavy (non-hydrogen) atoms. The maximum Gasteiger partial charge on any atom is 0.329 e. The van der Waals surface area contributed by atoms with E-state index in [4.69, 9.17) is 0 Å². The van der Waals surface area contributed by atoms with Crippen LogP contribution in [-0.2, 0) is 4.79 Å². The molecule has 1 aromatic carbocycles. The van der Waals surface area contributed by atoms with Crippen molar-refractivity contribution >= 4 is 22.8 Å². The minimum atomic E-state index is -1.13. The summed E-state index contributed by atoms with van der Waals surface area (Å²) in [4.78, 5) is 28.7. The van der Waals surface area contributed by atoms with Crippen LogP contribution in [0.3, 0.4) is 0 Å². The van der Waals surface area contributed by atoms with Crippen LogP contribution in [-0.4, -0.2) is 27.5 Å². The fraction of sp³-hybridized carbons (Fsp3) is 0.353. The fourth-order valence-electron chi connectivity index (χ4n) is 3.15. The van der Waals surface area contributed by atoms with Gasteiger partial charge in [0.2, 0.25) is 0 Å². The molecule has 5 heteroatoms. The smallest absolute Gasteiger partial charge is 0.329 e. The number of rotatable bonds is 3. The van der Waals surface area contributed by atoms with Gasteiger partial charge in [-0.15, -0.1) is 0 Å². The van der Waals surface area contributed by atoms with Gasteiger partial charge in [0.25, 0.3) is 5.91 Å². The molecule has 2 N–H and O–H groups in total. The average molecular weight is 298 g/mol. The third-order valence-electron chi connectivity index (χ3n) is 4.31. The summed E-state index contributed by atoms with van der Waals surface area (Å²) < 4.78 is 0. The van der Waals surface area contributed by atoms with Crippen LogP contribution in [0.2, 0.25) is 0 Å². The molecule has 0 aliphatic heterocycles. The summed E-state index contributed by atoms with van der Waals surface area (Å²) in [6, 6.07) is 9.10. The molecular formula is C17H18N2O3. The average Bonchev–Trinajstić information content (AvgIpc) is 2.96. The lowest BCUT2D eigenvalue weighted by atomic mass is 9.96. The normalized spacial score (nSPS) is 16.6. The molecule has 1 aliphatic rings. The van der Waals surface area contributed by atoms with Crippen molar-refractivity contribution in [3.8, 4) is 0 Å². The number of aryl methyl sites for hydroxylation is 1. The van der Waals surface area contributed by atoms with E-state index in [-0.39, 0.29) is 5.91 Å². The Morgan fingerprint density at radius 3 is 2.59 bits per heavy atom. The number of carboxylic acids is 1. The number of hydrogen-bond acceptors (Lipinski definition) is 3. The van der Waals surface area contributed by atoms with E-state index in [1.54, 1.807) is 6.07 Å². The first kappa shape index (κ1) is 14.5. The number of fused-ring (bicyclic) bond motifs is 1. The summed E-state index contributed by atoms with van der Waals surface area (Å²) in [6.07, 6.45) is 2.61. The third-order valence-corrected chi connectivity index (χ3v) is 4.31. The summed E-state index contributed by atoms with van der Waals surface area (Å²) in [7, 11) is 0. The van der Waals surface area contributed by atoms with E-state index in [1.807, 2.05) is 31.2 Å². The molecule has 1 aliphatic carbocycles. The molecule has 1 aromatic heterocycles. The molecule has 0 spiro atoms. The lowest BCUT2D eigenvalue weighted by molar-refractivity contribution is -0.144. The lowest BCUT2D eigenvalue weighted by Gasteiger charge is -2.25. The Hall–Kier alpha value is -2.43. The van der Waals surface area contributed by atoms with E-state index in [0.29, 0.717) is 18.4 Å². The number of benzene rings is 1. The number of aliphatic carboxylic acids is 1. The largest absolute Gasteiger partial charge is 0.480 e. The summed E-state index contributed by atoms with van der Waals surface area (Å²) in [5, 5.41) is 13.0. The molecule has 114 valence electrons. The SMILES string of the molecule is Cc1cc(C(=O)NC2(C(=O)O)CCCC2)c2ccccc2n1. The highest BCUT2D eigenvalue weighted by molar-refractivity contribution is 6.07. The standard InChI is InChI=1S/C17H18N2O3/c1-11-10-13(12-6-2-3-7-14(12)18-11)15(20)19-17(16(21)22)8-4-5-9-17/h2-3,6-7,10H,4-5,8-9H2,1H3,(H,19,20)(H,21,22). The molecule has 0 saturated heterocycles. The van der Waals surface area contributed by atoms with Crippen molar-refractivity contribution in [1.82, 2.24) is 10.3 Å². The first-order valence-electron chi connectivity index (χ1n) is 7.44. The number of nitrogens with one attached hydrogen (secondary N) is 1. The zero-order valence-electron chi connectivity index (χ0n) is 12.4. The third kappa shape index (κ3) is 2.43. The Morgan fingerprint density at radius 2 is 1.91 bits per heavy atom. The van der Waals surface area contributed by atoms with Crippen LogP contribution >= 0.6 is 0 Å². The lowest BCUT2D eigenvalue weighted by Crippen LogP contribution is -2.52. The Bertz CT molecular complexity index is 749. The Balaban J connectivity index is 2.00. The Kier molecular flexibility index (Phi) is 3.56. The number of carbonyl (C=O) groups excluding carboxylic acids is 1. The van der Waals surface area contributed by atoms with Crippen LogP contribution in [0.4, 0.5) is 0 Å². The quantitative estimate of drug-likeness (QED) is 0.913. The maximum atomic E-state index is 12.7. The van der Waals surface area contributed by atoms with Gasteiger partial charge < -0.3 is 10.4 Å². The van der Waals surface area contributed by atoms with Crippen LogP contribution < -0.4 is 5.32 Å². The number of carbonyl (C=O) groups is 2. The van der Waals surface area contributed by atoms with Gasteiger partial charge in [-0.1, -0.05) is 31.0 Å². The van der Waals surface area contributed by atoms with Gasteiger partial charge in [0.1, 0.15) is 5.54 Å². The van der Waals surface area contributed by atoms with E-state index in [9.17, 15) is 14.7 Å². The molecule has 1 amide bonds. The maximum absolute atomic E-state index is 12.7. The zero-order chi connectivity index (χ0) is 15.7. The molecule has 2 aromatic rings. The highest BCUT2D eigenvalue weighted by atomic mass is 16.4. The number of hydrogen-bond donors (Lipinski definition) is 2. The minimum Gasteiger partial charge on any atom is -0.480 e. The summed E-state index contributed by atoms with van der Waals surface area (Å²) >= 11 is 0. The second-order valence-corrected chi connectivity index (χ2v) is 5.88. The van der Waals surface area contributed by atoms with E-state index in [0.717, 1.165) is 29.4 Å². The van der Waals surface area contributed by atoms with Crippen molar-refractivity contribution in [2.45, 2.75) is 38.1 Å². The molecule has 1 heterocycles. The molecule has 0 atom stereocenters. The topological polar surface area (TPSA) is 79.3 Å². The van der Waals surface area contributed by atoms with Crippen molar-refractivity contribution in [3.05, 3.63) is 41.6 Å². The molecule has 0 bridgehead atoms. The van der Waals surface area contributed by atoms with Gasteiger partial charge in [0, 0.05) is 11.1 Å². The van der Waals surface area contributed by atoms with E-state index in [2.05, 4.69) is 10.3 Å². The van der Waals surface area contributed by atoms with Crippen LogP contribution in [0, 0.1) is 6.92 Å². The van der Waals surface area contributed by atoms with Gasteiger partial charge in [-0.2, -0.15) is 0 Å². The van der Waals surface area contributed by atoms with Crippen molar-refractivity contribution in [2.24, 2.45) is 0 Å². The van der Waals surface area contributed by atoms with Gasteiger partial charge in [-0.05, 0) is 31.9 Å². The predicted molar refractivity (Wildman–Crippen MR) is 82.8 cm³/mol. The Labute approximate surface area is 128 Å². The highest BCUT2D eigenvalue weighted by Gasteiger charge is 2.42. The number of pyridine rings is 1. The second-order valence-electron chi connectivity index (χ2n) is 5.88. The monoisotopic (exact) mass is 298 g/mol. The fourth-order valence-corrected chi connectivity index (χ4v) is 3.15. The van der Waals surface area contributed by atoms with E-state index >= 15 is 0 Å². The van der Waals surface area contributed by atoms with Crippen molar-refractivity contribution in [2.75, 3.05) is 0 Å². The number of nitrogens with zero attached hydrogens (tertiary/aromatic N) is 1. The number of para-hydroxylation sites is 1. The summed E-state index contributed by atoms with van der Waals surface area (Å²) in [5.74, 6) is -1.29. The molecule has 1 saturated carbocycles. The van der Waals surface area contributed by atoms with Gasteiger partial charge in [-0.3, -0.25) is 9.78 Å². The van der Waals surface area contributed by atoms with Crippen LogP contribution in [0.25, 0.3) is 10.9 Å². The minimum absolute atomic E-state index is 0.342. The number of amides is 1. The van der Waals surface area contributed by atoms with Gasteiger partial charge in [0.15, 0.2) is 0 Å². The molecule has 3 rings (SSSR count). The van der Waals surface area contributed by atoms with Crippen molar-refractivity contribution in [1.29, 1.82) is 0 Å². The van der Waals surface area contributed by atoms with E-state index < -0.39 is 11.5 Å². The summed E-state index contributed by atoms with van der Waals surface area (Å²) in [5.41, 5.74) is 0.828. The van der Waals surface area contributed by atoms with Crippen molar-refractivity contribution in [3.63, 3.8) is 0 Å². The number of carboxylic acid groups (broad SMARTS) is 1.